The van der Waals surface area contributed by atoms with Crippen molar-refractivity contribution in [2.45, 2.75) is 6.92 Å². The third-order valence-electron chi connectivity index (χ3n) is 1.01. The van der Waals surface area contributed by atoms with E-state index in [1.54, 1.807) is 19.4 Å². The van der Waals surface area contributed by atoms with Gasteiger partial charge in [-0.2, -0.15) is 0 Å². The summed E-state index contributed by atoms with van der Waals surface area (Å²) in [6.45, 7) is 1.59. The summed E-state index contributed by atoms with van der Waals surface area (Å²) in [6.07, 6.45) is 3.19. The highest BCUT2D eigenvalue weighted by atomic mass is 32.2. The van der Waals surface area contributed by atoms with Crippen LogP contribution in [0.15, 0.2) is 11.0 Å². The number of esters is 1. The maximum atomic E-state index is 11.2. The van der Waals surface area contributed by atoms with Gasteiger partial charge in [-0.3, -0.25) is 4.21 Å². The van der Waals surface area contributed by atoms with Gasteiger partial charge < -0.3 is 4.74 Å². The lowest BCUT2D eigenvalue weighted by Gasteiger charge is -2.06. The molecule has 0 aromatic carbocycles. The molecule has 0 bridgehead atoms. The minimum Gasteiger partial charge on any atom is -0.466 e. The average Bonchev–Trinajstić information content (AvgIpc) is 1.82. The normalized spacial score (nSPS) is 14.4. The molecular formula is C7H14O3S. The standard InChI is InChI=1S/C7H14O3S/c1-6(7(8)10-2)5-11(3,4)9/h5,11H,1-4H3. The van der Waals surface area contributed by atoms with Crippen LogP contribution in [0.1, 0.15) is 6.92 Å². The van der Waals surface area contributed by atoms with E-state index in [9.17, 15) is 9.00 Å². The predicted molar refractivity (Wildman–Crippen MR) is 47.2 cm³/mol. The first-order valence-electron chi connectivity index (χ1n) is 3.19. The summed E-state index contributed by atoms with van der Waals surface area (Å²) in [5, 5.41) is 1.46. The van der Waals surface area contributed by atoms with Gasteiger partial charge in [0.2, 0.25) is 0 Å². The number of ether oxygens (including phenoxy) is 1. The molecule has 4 heteroatoms. The number of methoxy groups -OCH3 is 1. The number of hydrogen-bond acceptors (Lipinski definition) is 3. The van der Waals surface area contributed by atoms with Crippen LogP contribution in [0, 0.1) is 0 Å². The van der Waals surface area contributed by atoms with Gasteiger partial charge in [0, 0.05) is 5.57 Å². The maximum absolute atomic E-state index is 11.2. The molecule has 0 aliphatic heterocycles. The summed E-state index contributed by atoms with van der Waals surface area (Å²) in [5.41, 5.74) is 0.404. The van der Waals surface area contributed by atoms with Crippen LogP contribution >= 0.6 is 0 Å². The first-order chi connectivity index (χ1) is 4.87. The van der Waals surface area contributed by atoms with Crippen LogP contribution in [0.2, 0.25) is 0 Å². The van der Waals surface area contributed by atoms with E-state index >= 15 is 0 Å². The molecule has 0 rings (SSSR count). The van der Waals surface area contributed by atoms with Crippen LogP contribution in [0.25, 0.3) is 0 Å². The van der Waals surface area contributed by atoms with E-state index in [-0.39, 0.29) is 0 Å². The number of carbonyl (C=O) groups is 1. The molecule has 0 saturated carbocycles. The minimum absolute atomic E-state index is 0.404. The molecule has 0 aromatic heterocycles. The Balaban J connectivity index is 4.48. The quantitative estimate of drug-likeness (QED) is 0.377. The van der Waals surface area contributed by atoms with Gasteiger partial charge in [-0.1, -0.05) is 9.93 Å². The van der Waals surface area contributed by atoms with E-state index in [0.29, 0.717) is 5.57 Å². The summed E-state index contributed by atoms with van der Waals surface area (Å²) >= 11 is 0. The summed E-state index contributed by atoms with van der Waals surface area (Å²) in [6, 6.07) is 0. The van der Waals surface area contributed by atoms with Crippen LogP contribution in [0.4, 0.5) is 0 Å². The topological polar surface area (TPSA) is 43.4 Å². The van der Waals surface area contributed by atoms with E-state index in [4.69, 9.17) is 0 Å². The third-order valence-corrected chi connectivity index (χ3v) is 2.02. The number of hydrogen-bond donors (Lipinski definition) is 1. The van der Waals surface area contributed by atoms with Gasteiger partial charge in [-0.25, -0.2) is 4.79 Å². The highest BCUT2D eigenvalue weighted by Crippen LogP contribution is 2.03. The van der Waals surface area contributed by atoms with Gasteiger partial charge >= 0.3 is 5.97 Å². The summed E-state index contributed by atoms with van der Waals surface area (Å²) in [5.74, 6) is -0.422. The van der Waals surface area contributed by atoms with Crippen molar-refractivity contribution < 1.29 is 13.7 Å². The molecule has 0 heterocycles. The molecule has 0 saturated heterocycles. The van der Waals surface area contributed by atoms with Crippen molar-refractivity contribution in [2.75, 3.05) is 19.6 Å². The lowest BCUT2D eigenvalue weighted by Crippen LogP contribution is -2.07. The molecule has 0 aliphatic rings. The Morgan fingerprint density at radius 3 is 2.18 bits per heavy atom. The molecule has 11 heavy (non-hydrogen) atoms. The lowest BCUT2D eigenvalue weighted by molar-refractivity contribution is -0.136. The summed E-state index contributed by atoms with van der Waals surface area (Å²) in [4.78, 5) is 10.8. The second kappa shape index (κ2) is 3.67. The fourth-order valence-electron chi connectivity index (χ4n) is 0.680. The SMILES string of the molecule is COC(=O)C(C)=C[SH](C)(C)=O. The molecule has 0 unspecified atom stereocenters. The Morgan fingerprint density at radius 2 is 1.91 bits per heavy atom. The van der Waals surface area contributed by atoms with Gasteiger partial charge in [-0.15, -0.1) is 0 Å². The van der Waals surface area contributed by atoms with Crippen molar-refractivity contribution in [3.63, 3.8) is 0 Å². The molecule has 66 valence electrons. The van der Waals surface area contributed by atoms with Gasteiger partial charge in [0.15, 0.2) is 0 Å². The van der Waals surface area contributed by atoms with Crippen molar-refractivity contribution in [1.29, 1.82) is 0 Å². The van der Waals surface area contributed by atoms with Gasteiger partial charge in [0.05, 0.1) is 7.11 Å². The molecule has 0 N–H and O–H groups in total. The van der Waals surface area contributed by atoms with Gasteiger partial charge in [0.25, 0.3) is 0 Å². The average molecular weight is 178 g/mol. The molecule has 0 amide bonds. The Morgan fingerprint density at radius 1 is 1.45 bits per heavy atom. The van der Waals surface area contributed by atoms with Crippen molar-refractivity contribution in [3.8, 4) is 0 Å². The lowest BCUT2D eigenvalue weighted by atomic mass is 10.4. The van der Waals surface area contributed by atoms with Crippen molar-refractivity contribution >= 4 is 15.9 Å². The zero-order chi connectivity index (χ0) is 9.07. The van der Waals surface area contributed by atoms with Crippen LogP contribution in [0.5, 0.6) is 0 Å². The monoisotopic (exact) mass is 178 g/mol. The van der Waals surface area contributed by atoms with Crippen molar-refractivity contribution in [1.82, 2.24) is 0 Å². The third kappa shape index (κ3) is 4.72. The second-order valence-electron chi connectivity index (χ2n) is 2.74. The number of thiol groups is 1. The fourth-order valence-corrected chi connectivity index (χ4v) is 1.72. The molecule has 0 atom stereocenters. The second-order valence-corrected chi connectivity index (χ2v) is 5.86. The van der Waals surface area contributed by atoms with E-state index in [0.717, 1.165) is 0 Å². The fraction of sp³-hybridized carbons (Fsp3) is 0.571. The maximum Gasteiger partial charge on any atom is 0.333 e. The summed E-state index contributed by atoms with van der Waals surface area (Å²) in [7, 11) is -0.950. The Hall–Kier alpha value is -0.640. The zero-order valence-corrected chi connectivity index (χ0v) is 8.14. The van der Waals surface area contributed by atoms with Gasteiger partial charge in [0.1, 0.15) is 0 Å². The Labute approximate surface area is 67.9 Å². The molecule has 3 nitrogen and oxygen atoms in total. The molecular weight excluding hydrogens is 164 g/mol. The first kappa shape index (κ1) is 10.4. The van der Waals surface area contributed by atoms with Crippen molar-refractivity contribution in [2.24, 2.45) is 0 Å². The predicted octanol–water partition coefficient (Wildman–Crippen LogP) is 0.339. The number of carbonyl (C=O) groups excluding carboxylic acids is 1. The van der Waals surface area contributed by atoms with E-state index in [1.165, 1.54) is 12.5 Å². The largest absolute Gasteiger partial charge is 0.466 e. The van der Waals surface area contributed by atoms with E-state index in [1.807, 2.05) is 0 Å². The van der Waals surface area contributed by atoms with Gasteiger partial charge in [-0.05, 0) is 24.8 Å². The van der Waals surface area contributed by atoms with Crippen LogP contribution < -0.4 is 0 Å². The smallest absolute Gasteiger partial charge is 0.333 e. The molecule has 0 aromatic rings. The molecule has 0 spiro atoms. The zero-order valence-electron chi connectivity index (χ0n) is 7.25. The molecule has 0 fully saturated rings. The first-order valence-corrected chi connectivity index (χ1v) is 5.86. The number of rotatable bonds is 2. The molecule has 0 radical (unpaired) electrons. The van der Waals surface area contributed by atoms with Crippen LogP contribution in [0.3, 0.4) is 0 Å². The molecule has 0 aliphatic carbocycles. The highest BCUT2D eigenvalue weighted by molar-refractivity contribution is 8.04. The minimum atomic E-state index is -2.25. The van der Waals surface area contributed by atoms with Crippen molar-refractivity contribution in [3.05, 3.63) is 11.0 Å². The van der Waals surface area contributed by atoms with E-state index < -0.39 is 15.9 Å². The van der Waals surface area contributed by atoms with E-state index in [2.05, 4.69) is 4.74 Å². The van der Waals surface area contributed by atoms with Crippen LogP contribution in [-0.2, 0) is 19.5 Å². The Kier molecular flexibility index (Phi) is 3.45. The summed E-state index contributed by atoms with van der Waals surface area (Å²) < 4.78 is 15.6. The van der Waals surface area contributed by atoms with Crippen LogP contribution in [-0.4, -0.2) is 29.8 Å². The highest BCUT2D eigenvalue weighted by Gasteiger charge is 2.05. The Bertz CT molecular complexity index is 224.